The second-order valence-electron chi connectivity index (χ2n) is 5.64. The van der Waals surface area contributed by atoms with Crippen LogP contribution in [0, 0.1) is 5.82 Å². The average Bonchev–Trinajstić information content (AvgIpc) is 2.66. The predicted molar refractivity (Wildman–Crippen MR) is 93.5 cm³/mol. The number of nitrogens with zero attached hydrogens (tertiary/aromatic N) is 2. The van der Waals surface area contributed by atoms with Crippen LogP contribution in [-0.2, 0) is 16.1 Å². The van der Waals surface area contributed by atoms with Gasteiger partial charge in [0.15, 0.2) is 0 Å². The molecule has 0 saturated heterocycles. The zero-order chi connectivity index (χ0) is 19.4. The number of alkyl halides is 1. The van der Waals surface area contributed by atoms with Gasteiger partial charge in [0.2, 0.25) is 0 Å². The van der Waals surface area contributed by atoms with E-state index in [2.05, 4.69) is 9.72 Å². The molecule has 0 bridgehead atoms. The molecule has 0 amide bonds. The molecule has 8 heteroatoms. The lowest BCUT2D eigenvalue weighted by atomic mass is 10.2. The lowest BCUT2D eigenvalue weighted by Crippen LogP contribution is -2.28. The van der Waals surface area contributed by atoms with Crippen molar-refractivity contribution in [2.45, 2.75) is 19.8 Å². The molecule has 0 aliphatic carbocycles. The minimum Gasteiger partial charge on any atom is -0.489 e. The van der Waals surface area contributed by atoms with Gasteiger partial charge in [-0.2, -0.15) is 0 Å². The number of benzene rings is 2. The van der Waals surface area contributed by atoms with Crippen molar-refractivity contribution in [2.75, 3.05) is 6.61 Å². The van der Waals surface area contributed by atoms with Crippen LogP contribution in [-0.4, -0.2) is 22.1 Å². The molecule has 0 saturated carbocycles. The van der Waals surface area contributed by atoms with Gasteiger partial charge >= 0.3 is 5.97 Å². The van der Waals surface area contributed by atoms with Gasteiger partial charge in [0.1, 0.15) is 24.5 Å². The van der Waals surface area contributed by atoms with E-state index in [-0.39, 0.29) is 29.9 Å². The summed E-state index contributed by atoms with van der Waals surface area (Å²) in [6.45, 7) is 1.67. The van der Waals surface area contributed by atoms with E-state index in [4.69, 9.17) is 4.74 Å². The summed E-state index contributed by atoms with van der Waals surface area (Å²) in [6, 6.07) is 10.5. The second-order valence-corrected chi connectivity index (χ2v) is 5.64. The minimum absolute atomic E-state index is 0.00102. The molecule has 0 aliphatic rings. The molecular weight excluding hydrogens is 358 g/mol. The number of carbonyl (C=O) groups is 1. The van der Waals surface area contributed by atoms with Gasteiger partial charge in [-0.15, -0.1) is 0 Å². The Balaban J connectivity index is 1.83. The smallest absolute Gasteiger partial charge is 0.362 e. The molecule has 3 aromatic rings. The lowest BCUT2D eigenvalue weighted by molar-refractivity contribution is -0.153. The summed E-state index contributed by atoms with van der Waals surface area (Å²) in [5.74, 6) is -1.10. The molecule has 1 unspecified atom stereocenters. The molecule has 0 aliphatic heterocycles. The minimum atomic E-state index is -2.27. The van der Waals surface area contributed by atoms with E-state index in [0.717, 1.165) is 6.33 Å². The fourth-order valence-corrected chi connectivity index (χ4v) is 2.48. The predicted octanol–water partition coefficient (Wildman–Crippen LogP) is 3.15. The SMILES string of the molecule is CCOC(=O)C(F)n1cnc2cc(OCc3cccc(F)c3)ccc2c1=O. The highest BCUT2D eigenvalue weighted by Crippen LogP contribution is 2.19. The Morgan fingerprint density at radius 3 is 2.81 bits per heavy atom. The van der Waals surface area contributed by atoms with Crippen molar-refractivity contribution in [1.29, 1.82) is 0 Å². The van der Waals surface area contributed by atoms with Gasteiger partial charge in [-0.05, 0) is 36.8 Å². The third-order valence-corrected chi connectivity index (χ3v) is 3.78. The Morgan fingerprint density at radius 1 is 1.26 bits per heavy atom. The van der Waals surface area contributed by atoms with Crippen LogP contribution in [0.15, 0.2) is 53.6 Å². The first kappa shape index (κ1) is 18.5. The highest BCUT2D eigenvalue weighted by atomic mass is 19.1. The number of fused-ring (bicyclic) bond motifs is 1. The van der Waals surface area contributed by atoms with Crippen molar-refractivity contribution in [1.82, 2.24) is 9.55 Å². The third-order valence-electron chi connectivity index (χ3n) is 3.78. The Morgan fingerprint density at radius 2 is 2.07 bits per heavy atom. The Hall–Kier alpha value is -3.29. The zero-order valence-corrected chi connectivity index (χ0v) is 14.4. The molecular formula is C19H16F2N2O4. The Labute approximate surface area is 153 Å². The van der Waals surface area contributed by atoms with Crippen molar-refractivity contribution < 1.29 is 23.0 Å². The standard InChI is InChI=1S/C19H16F2N2O4/c1-2-26-19(25)17(21)23-11-22-16-9-14(6-7-15(16)18(23)24)27-10-12-4-3-5-13(20)8-12/h3-9,11,17H,2,10H2,1H3. The van der Waals surface area contributed by atoms with Crippen molar-refractivity contribution in [3.8, 4) is 5.75 Å². The largest absolute Gasteiger partial charge is 0.489 e. The van der Waals surface area contributed by atoms with Crippen LogP contribution in [0.3, 0.4) is 0 Å². The topological polar surface area (TPSA) is 70.4 Å². The molecule has 3 rings (SSSR count). The monoisotopic (exact) mass is 374 g/mol. The first-order valence-electron chi connectivity index (χ1n) is 8.18. The first-order valence-corrected chi connectivity index (χ1v) is 8.18. The first-order chi connectivity index (χ1) is 13.0. The van der Waals surface area contributed by atoms with Crippen LogP contribution in [0.2, 0.25) is 0 Å². The van der Waals surface area contributed by atoms with Gasteiger partial charge in [-0.1, -0.05) is 12.1 Å². The van der Waals surface area contributed by atoms with Crippen molar-refractivity contribution >= 4 is 16.9 Å². The van der Waals surface area contributed by atoms with E-state index in [1.807, 2.05) is 0 Å². The molecule has 1 atom stereocenters. The molecule has 6 nitrogen and oxygen atoms in total. The van der Waals surface area contributed by atoms with Gasteiger partial charge in [0.05, 0.1) is 17.5 Å². The van der Waals surface area contributed by atoms with Crippen LogP contribution in [0.5, 0.6) is 5.75 Å². The summed E-state index contributed by atoms with van der Waals surface area (Å²) in [6.07, 6.45) is -1.32. The van der Waals surface area contributed by atoms with E-state index < -0.39 is 17.8 Å². The van der Waals surface area contributed by atoms with E-state index in [1.54, 1.807) is 12.1 Å². The van der Waals surface area contributed by atoms with Gasteiger partial charge in [-0.3, -0.25) is 9.36 Å². The fraction of sp³-hybridized carbons (Fsp3) is 0.211. The normalized spacial score (nSPS) is 12.0. The lowest BCUT2D eigenvalue weighted by Gasteiger charge is -2.11. The third kappa shape index (κ3) is 4.11. The Kier molecular flexibility index (Phi) is 5.44. The van der Waals surface area contributed by atoms with Gasteiger partial charge < -0.3 is 9.47 Å². The average molecular weight is 374 g/mol. The van der Waals surface area contributed by atoms with Gasteiger partial charge in [0.25, 0.3) is 11.9 Å². The van der Waals surface area contributed by atoms with Crippen LogP contribution in [0.1, 0.15) is 18.8 Å². The molecule has 140 valence electrons. The number of carbonyl (C=O) groups excluding carboxylic acids is 1. The number of rotatable bonds is 6. The molecule has 1 aromatic heterocycles. The van der Waals surface area contributed by atoms with E-state index in [9.17, 15) is 18.4 Å². The van der Waals surface area contributed by atoms with Crippen LogP contribution >= 0.6 is 0 Å². The van der Waals surface area contributed by atoms with E-state index >= 15 is 0 Å². The molecule has 2 aromatic carbocycles. The van der Waals surface area contributed by atoms with Crippen molar-refractivity contribution in [3.05, 3.63) is 70.5 Å². The quantitative estimate of drug-likeness (QED) is 0.620. The molecule has 0 N–H and O–H groups in total. The van der Waals surface area contributed by atoms with Gasteiger partial charge in [0, 0.05) is 6.07 Å². The summed E-state index contributed by atoms with van der Waals surface area (Å²) in [5.41, 5.74) is 0.217. The van der Waals surface area contributed by atoms with Crippen LogP contribution < -0.4 is 10.3 Å². The number of ether oxygens (including phenoxy) is 2. The summed E-state index contributed by atoms with van der Waals surface area (Å²) in [5, 5.41) is 0.127. The van der Waals surface area contributed by atoms with Crippen molar-refractivity contribution in [3.63, 3.8) is 0 Å². The second kappa shape index (κ2) is 7.94. The molecule has 27 heavy (non-hydrogen) atoms. The number of esters is 1. The maximum Gasteiger partial charge on any atom is 0.362 e. The number of hydrogen-bond acceptors (Lipinski definition) is 5. The van der Waals surface area contributed by atoms with Crippen LogP contribution in [0.4, 0.5) is 8.78 Å². The van der Waals surface area contributed by atoms with Crippen molar-refractivity contribution in [2.24, 2.45) is 0 Å². The molecule has 0 fully saturated rings. The summed E-state index contributed by atoms with van der Waals surface area (Å²) >= 11 is 0. The summed E-state index contributed by atoms with van der Waals surface area (Å²) in [7, 11) is 0. The zero-order valence-electron chi connectivity index (χ0n) is 14.4. The highest BCUT2D eigenvalue weighted by molar-refractivity contribution is 5.79. The maximum absolute atomic E-state index is 14.1. The highest BCUT2D eigenvalue weighted by Gasteiger charge is 2.22. The van der Waals surface area contributed by atoms with Crippen LogP contribution in [0.25, 0.3) is 10.9 Å². The van der Waals surface area contributed by atoms with Gasteiger partial charge in [-0.25, -0.2) is 18.6 Å². The molecule has 0 spiro atoms. The summed E-state index contributed by atoms with van der Waals surface area (Å²) in [4.78, 5) is 27.9. The van der Waals surface area contributed by atoms with E-state index in [0.29, 0.717) is 15.9 Å². The van der Waals surface area contributed by atoms with E-state index in [1.165, 1.54) is 37.3 Å². The number of aromatic nitrogens is 2. The Bertz CT molecular complexity index is 1040. The number of hydrogen-bond donors (Lipinski definition) is 0. The molecule has 0 radical (unpaired) electrons. The maximum atomic E-state index is 14.1. The number of halogens is 2. The fourth-order valence-electron chi connectivity index (χ4n) is 2.48. The summed E-state index contributed by atoms with van der Waals surface area (Å²) < 4.78 is 38.0. The molecule has 1 heterocycles.